The van der Waals surface area contributed by atoms with E-state index >= 15 is 0 Å². The lowest BCUT2D eigenvalue weighted by molar-refractivity contribution is 0.385. The molecule has 0 spiro atoms. The molecule has 0 aromatic carbocycles. The van der Waals surface area contributed by atoms with Crippen LogP contribution in [0.25, 0.3) is 0 Å². The van der Waals surface area contributed by atoms with Gasteiger partial charge in [0.25, 0.3) is 0 Å². The lowest BCUT2D eigenvalue weighted by Crippen LogP contribution is -2.30. The van der Waals surface area contributed by atoms with Gasteiger partial charge in [0.05, 0.1) is 0 Å². The van der Waals surface area contributed by atoms with Gasteiger partial charge in [-0.1, -0.05) is 97.8 Å². The summed E-state index contributed by atoms with van der Waals surface area (Å²) in [4.78, 5) is 0. The van der Waals surface area contributed by atoms with Crippen LogP contribution in [0, 0.1) is 5.92 Å². The molecule has 122 valence electrons. The Bertz CT molecular complexity index is 177. The fourth-order valence-electron chi connectivity index (χ4n) is 3.02. The van der Waals surface area contributed by atoms with Gasteiger partial charge < -0.3 is 5.32 Å². The topological polar surface area (TPSA) is 12.0 Å². The highest BCUT2D eigenvalue weighted by atomic mass is 14.9. The molecule has 0 radical (unpaired) electrons. The molecule has 0 aliphatic carbocycles. The van der Waals surface area contributed by atoms with Crippen molar-refractivity contribution in [3.05, 3.63) is 0 Å². The van der Waals surface area contributed by atoms with Crippen LogP contribution in [0.15, 0.2) is 0 Å². The second-order valence-electron chi connectivity index (χ2n) is 6.82. The molecule has 0 aliphatic rings. The first-order valence-electron chi connectivity index (χ1n) is 9.39. The summed E-state index contributed by atoms with van der Waals surface area (Å²) in [5.41, 5.74) is 0. The van der Waals surface area contributed by atoms with Crippen molar-refractivity contribution in [2.45, 2.75) is 110 Å². The molecule has 0 bridgehead atoms. The van der Waals surface area contributed by atoms with Crippen LogP contribution >= 0.6 is 0 Å². The lowest BCUT2D eigenvalue weighted by atomic mass is 9.97. The van der Waals surface area contributed by atoms with Crippen molar-refractivity contribution < 1.29 is 0 Å². The molecule has 0 amide bonds. The third kappa shape index (κ3) is 13.0. The van der Waals surface area contributed by atoms with Gasteiger partial charge in [0.1, 0.15) is 0 Å². The van der Waals surface area contributed by atoms with Crippen LogP contribution in [-0.2, 0) is 0 Å². The molecule has 1 N–H and O–H groups in total. The summed E-state index contributed by atoms with van der Waals surface area (Å²) in [6.07, 6.45) is 18.7. The predicted octanol–water partition coefficient (Wildman–Crippen LogP) is 6.32. The molecular weight excluding hydrogens is 242 g/mol. The van der Waals surface area contributed by atoms with Crippen LogP contribution < -0.4 is 5.32 Å². The van der Waals surface area contributed by atoms with E-state index in [1.807, 2.05) is 0 Å². The molecule has 0 aliphatic heterocycles. The number of rotatable bonds is 15. The number of nitrogens with one attached hydrogen (secondary N) is 1. The van der Waals surface area contributed by atoms with Crippen molar-refractivity contribution in [2.75, 3.05) is 7.05 Å². The molecule has 0 aromatic heterocycles. The quantitative estimate of drug-likeness (QED) is 0.347. The fraction of sp³-hybridized carbons (Fsp3) is 1.00. The van der Waals surface area contributed by atoms with Crippen LogP contribution in [0.2, 0.25) is 0 Å². The zero-order valence-corrected chi connectivity index (χ0v) is 14.8. The first kappa shape index (κ1) is 20.0. The third-order valence-electron chi connectivity index (χ3n) is 4.54. The van der Waals surface area contributed by atoms with Gasteiger partial charge in [-0.15, -0.1) is 0 Å². The lowest BCUT2D eigenvalue weighted by Gasteiger charge is -2.19. The summed E-state index contributed by atoms with van der Waals surface area (Å²) in [6, 6.07) is 0.720. The van der Waals surface area contributed by atoms with Crippen LogP contribution in [-0.4, -0.2) is 13.1 Å². The van der Waals surface area contributed by atoms with Gasteiger partial charge in [-0.3, -0.25) is 0 Å². The van der Waals surface area contributed by atoms with Gasteiger partial charge in [-0.05, 0) is 19.4 Å². The largest absolute Gasteiger partial charge is 0.317 e. The second-order valence-corrected chi connectivity index (χ2v) is 6.82. The van der Waals surface area contributed by atoms with Crippen molar-refractivity contribution in [1.29, 1.82) is 0 Å². The normalized spacial score (nSPS) is 13.1. The highest BCUT2D eigenvalue weighted by Gasteiger charge is 2.09. The summed E-state index contributed by atoms with van der Waals surface area (Å²) in [5, 5.41) is 3.44. The SMILES string of the molecule is CCCCCCCCCCCCCCC(NC)C(C)C. The highest BCUT2D eigenvalue weighted by molar-refractivity contribution is 4.67. The number of hydrogen-bond donors (Lipinski definition) is 1. The second kappa shape index (κ2) is 15.4. The molecule has 1 nitrogen and oxygen atoms in total. The van der Waals surface area contributed by atoms with Gasteiger partial charge in [-0.2, -0.15) is 0 Å². The average molecular weight is 284 g/mol. The predicted molar refractivity (Wildman–Crippen MR) is 93.4 cm³/mol. The molecule has 1 unspecified atom stereocenters. The van der Waals surface area contributed by atoms with E-state index in [9.17, 15) is 0 Å². The Balaban J connectivity index is 3.13. The van der Waals surface area contributed by atoms with Gasteiger partial charge in [0.15, 0.2) is 0 Å². The van der Waals surface area contributed by atoms with E-state index in [1.54, 1.807) is 0 Å². The smallest absolute Gasteiger partial charge is 0.00870 e. The molecular formula is C19H41N. The minimum atomic E-state index is 0.720. The van der Waals surface area contributed by atoms with Gasteiger partial charge in [-0.25, -0.2) is 0 Å². The van der Waals surface area contributed by atoms with E-state index in [1.165, 1.54) is 83.5 Å². The molecule has 1 heteroatoms. The first-order valence-corrected chi connectivity index (χ1v) is 9.39. The van der Waals surface area contributed by atoms with Crippen molar-refractivity contribution in [3.63, 3.8) is 0 Å². The van der Waals surface area contributed by atoms with Crippen molar-refractivity contribution in [3.8, 4) is 0 Å². The van der Waals surface area contributed by atoms with E-state index in [2.05, 4.69) is 33.1 Å². The summed E-state index contributed by atoms with van der Waals surface area (Å²) >= 11 is 0. The standard InChI is InChI=1S/C19H41N/c1-5-6-7-8-9-10-11-12-13-14-15-16-17-19(20-4)18(2)3/h18-20H,5-17H2,1-4H3. The number of hydrogen-bond acceptors (Lipinski definition) is 1. The van der Waals surface area contributed by atoms with Crippen LogP contribution in [0.1, 0.15) is 104 Å². The molecule has 0 heterocycles. The highest BCUT2D eigenvalue weighted by Crippen LogP contribution is 2.14. The van der Waals surface area contributed by atoms with Crippen LogP contribution in [0.3, 0.4) is 0 Å². The first-order chi connectivity index (χ1) is 9.72. The van der Waals surface area contributed by atoms with E-state index in [4.69, 9.17) is 0 Å². The Morgan fingerprint density at radius 3 is 1.40 bits per heavy atom. The van der Waals surface area contributed by atoms with Gasteiger partial charge in [0, 0.05) is 6.04 Å². The minimum Gasteiger partial charge on any atom is -0.317 e. The molecule has 0 saturated heterocycles. The van der Waals surface area contributed by atoms with E-state index in [-0.39, 0.29) is 0 Å². The van der Waals surface area contributed by atoms with Crippen molar-refractivity contribution in [2.24, 2.45) is 5.92 Å². The van der Waals surface area contributed by atoms with Crippen LogP contribution in [0.4, 0.5) is 0 Å². The van der Waals surface area contributed by atoms with Crippen molar-refractivity contribution >= 4 is 0 Å². The zero-order chi connectivity index (χ0) is 15.1. The van der Waals surface area contributed by atoms with Crippen LogP contribution in [0.5, 0.6) is 0 Å². The summed E-state index contributed by atoms with van der Waals surface area (Å²) in [7, 11) is 2.10. The zero-order valence-electron chi connectivity index (χ0n) is 14.8. The molecule has 0 fully saturated rings. The van der Waals surface area contributed by atoms with Gasteiger partial charge in [0.2, 0.25) is 0 Å². The maximum Gasteiger partial charge on any atom is 0.00870 e. The van der Waals surface area contributed by atoms with Crippen molar-refractivity contribution in [1.82, 2.24) is 5.32 Å². The Hall–Kier alpha value is -0.0400. The third-order valence-corrected chi connectivity index (χ3v) is 4.54. The fourth-order valence-corrected chi connectivity index (χ4v) is 3.02. The monoisotopic (exact) mass is 283 g/mol. The Morgan fingerprint density at radius 1 is 0.650 bits per heavy atom. The Morgan fingerprint density at radius 2 is 1.05 bits per heavy atom. The maximum atomic E-state index is 3.44. The average Bonchev–Trinajstić information content (AvgIpc) is 2.43. The molecule has 0 saturated carbocycles. The Kier molecular flexibility index (Phi) is 15.3. The van der Waals surface area contributed by atoms with E-state index < -0.39 is 0 Å². The summed E-state index contributed by atoms with van der Waals surface area (Å²) in [6.45, 7) is 6.93. The van der Waals surface area contributed by atoms with Gasteiger partial charge >= 0.3 is 0 Å². The molecule has 20 heavy (non-hydrogen) atoms. The molecule has 0 rings (SSSR count). The summed E-state index contributed by atoms with van der Waals surface area (Å²) < 4.78 is 0. The summed E-state index contributed by atoms with van der Waals surface area (Å²) in [5.74, 6) is 0.771. The Labute approximate surface area is 129 Å². The minimum absolute atomic E-state index is 0.720. The maximum absolute atomic E-state index is 3.44. The molecule has 0 aromatic rings. The molecule has 1 atom stereocenters. The number of unbranched alkanes of at least 4 members (excludes halogenated alkanes) is 11. The van der Waals surface area contributed by atoms with E-state index in [0.717, 1.165) is 12.0 Å². The van der Waals surface area contributed by atoms with E-state index in [0.29, 0.717) is 0 Å².